The first kappa shape index (κ1) is 16.2. The van der Waals surface area contributed by atoms with Crippen LogP contribution in [0.2, 0.25) is 0 Å². The zero-order valence-electron chi connectivity index (χ0n) is 15.1. The van der Waals surface area contributed by atoms with E-state index < -0.39 is 0 Å². The Hall–Kier alpha value is -2.95. The number of hydrogen-bond donors (Lipinski definition) is 1. The summed E-state index contributed by atoms with van der Waals surface area (Å²) in [4.78, 5) is 18.4. The fraction of sp³-hybridized carbons (Fsp3) is 0.318. The number of ether oxygens (including phenoxy) is 2. The largest absolute Gasteiger partial charge is 0.486 e. The van der Waals surface area contributed by atoms with E-state index in [4.69, 9.17) is 9.47 Å². The van der Waals surface area contributed by atoms with Gasteiger partial charge in [0.05, 0.1) is 12.5 Å². The normalized spacial score (nSPS) is 18.8. The monoisotopic (exact) mass is 362 g/mol. The smallest absolute Gasteiger partial charge is 0.227 e. The van der Waals surface area contributed by atoms with E-state index in [1.54, 1.807) is 0 Å². The SMILES string of the molecule is O=C(Cc1c[nH]c2ccccc12)N1CCCC1c1ccc2c(c1)OCCO2. The van der Waals surface area contributed by atoms with Gasteiger partial charge in [0, 0.05) is 23.6 Å². The quantitative estimate of drug-likeness (QED) is 0.770. The van der Waals surface area contributed by atoms with Crippen molar-refractivity contribution in [1.82, 2.24) is 9.88 Å². The van der Waals surface area contributed by atoms with Gasteiger partial charge in [0.1, 0.15) is 13.2 Å². The second-order valence-electron chi connectivity index (χ2n) is 7.18. The molecule has 5 heteroatoms. The first-order valence-electron chi connectivity index (χ1n) is 9.53. The minimum Gasteiger partial charge on any atom is -0.486 e. The zero-order valence-corrected chi connectivity index (χ0v) is 15.1. The standard InChI is InChI=1S/C22H22N2O3/c25-22(13-16-14-23-18-5-2-1-4-17(16)18)24-9-3-6-19(24)15-7-8-20-21(12-15)27-11-10-26-20/h1-2,4-5,7-8,12,14,19,23H,3,6,9-11,13H2. The predicted molar refractivity (Wildman–Crippen MR) is 103 cm³/mol. The molecule has 0 saturated carbocycles. The number of aromatic amines is 1. The van der Waals surface area contributed by atoms with E-state index in [1.165, 1.54) is 0 Å². The number of para-hydroxylation sites is 1. The summed E-state index contributed by atoms with van der Waals surface area (Å²) in [5.74, 6) is 1.76. The highest BCUT2D eigenvalue weighted by molar-refractivity contribution is 5.89. The number of carbonyl (C=O) groups is 1. The van der Waals surface area contributed by atoms with E-state index in [1.807, 2.05) is 41.4 Å². The van der Waals surface area contributed by atoms with Crippen LogP contribution in [0.3, 0.4) is 0 Å². The van der Waals surface area contributed by atoms with Crippen LogP contribution in [0.25, 0.3) is 10.9 Å². The number of nitrogens with zero attached hydrogens (tertiary/aromatic N) is 1. The molecule has 2 aliphatic rings. The second kappa shape index (κ2) is 6.65. The van der Waals surface area contributed by atoms with Crippen molar-refractivity contribution in [1.29, 1.82) is 0 Å². The maximum atomic E-state index is 13.1. The van der Waals surface area contributed by atoms with Crippen LogP contribution in [0.4, 0.5) is 0 Å². The van der Waals surface area contributed by atoms with Gasteiger partial charge >= 0.3 is 0 Å². The molecule has 1 aromatic heterocycles. The average Bonchev–Trinajstić information content (AvgIpc) is 3.35. The van der Waals surface area contributed by atoms with Crippen LogP contribution in [0.15, 0.2) is 48.7 Å². The fourth-order valence-corrected chi connectivity index (χ4v) is 4.22. The van der Waals surface area contributed by atoms with Gasteiger partial charge in [-0.2, -0.15) is 0 Å². The van der Waals surface area contributed by atoms with Crippen LogP contribution >= 0.6 is 0 Å². The summed E-state index contributed by atoms with van der Waals surface area (Å²) in [5.41, 5.74) is 3.26. The number of nitrogens with one attached hydrogen (secondary N) is 1. The Kier molecular flexibility index (Phi) is 4.00. The van der Waals surface area contributed by atoms with Crippen LogP contribution < -0.4 is 9.47 Å². The molecule has 0 radical (unpaired) electrons. The molecule has 2 aromatic carbocycles. The van der Waals surface area contributed by atoms with Gasteiger partial charge in [0.2, 0.25) is 5.91 Å². The van der Waals surface area contributed by atoms with E-state index in [-0.39, 0.29) is 11.9 Å². The third-order valence-corrected chi connectivity index (χ3v) is 5.54. The van der Waals surface area contributed by atoms with E-state index in [2.05, 4.69) is 17.1 Å². The molecule has 3 aromatic rings. The molecule has 0 spiro atoms. The van der Waals surface area contributed by atoms with Gasteiger partial charge in [-0.25, -0.2) is 0 Å². The van der Waals surface area contributed by atoms with Crippen molar-refractivity contribution in [2.75, 3.05) is 19.8 Å². The van der Waals surface area contributed by atoms with Gasteiger partial charge in [-0.1, -0.05) is 24.3 Å². The Balaban J connectivity index is 1.38. The van der Waals surface area contributed by atoms with Gasteiger partial charge < -0.3 is 19.4 Å². The molecule has 138 valence electrons. The van der Waals surface area contributed by atoms with Crippen molar-refractivity contribution in [2.45, 2.75) is 25.3 Å². The summed E-state index contributed by atoms with van der Waals surface area (Å²) in [5, 5.41) is 1.13. The van der Waals surface area contributed by atoms with Crippen molar-refractivity contribution in [2.24, 2.45) is 0 Å². The average molecular weight is 362 g/mol. The first-order chi connectivity index (χ1) is 13.3. The van der Waals surface area contributed by atoms with E-state index in [0.717, 1.165) is 52.9 Å². The molecule has 5 nitrogen and oxygen atoms in total. The number of amides is 1. The molecule has 1 N–H and O–H groups in total. The lowest BCUT2D eigenvalue weighted by atomic mass is 10.0. The number of carbonyl (C=O) groups excluding carboxylic acids is 1. The molecule has 2 aliphatic heterocycles. The summed E-state index contributed by atoms with van der Waals surface area (Å²) in [6.07, 6.45) is 4.39. The lowest BCUT2D eigenvalue weighted by molar-refractivity contribution is -0.131. The Labute approximate surface area is 157 Å². The number of likely N-dealkylation sites (tertiary alicyclic amines) is 1. The van der Waals surface area contributed by atoms with Crippen LogP contribution in [0.5, 0.6) is 11.5 Å². The second-order valence-corrected chi connectivity index (χ2v) is 7.18. The molecule has 1 atom stereocenters. The van der Waals surface area contributed by atoms with Gasteiger partial charge in [0.25, 0.3) is 0 Å². The predicted octanol–water partition coefficient (Wildman–Crippen LogP) is 3.85. The van der Waals surface area contributed by atoms with Gasteiger partial charge in [-0.3, -0.25) is 4.79 Å². The fourth-order valence-electron chi connectivity index (χ4n) is 4.22. The molecule has 1 saturated heterocycles. The molecule has 1 fully saturated rings. The molecule has 5 rings (SSSR count). The molecular weight excluding hydrogens is 340 g/mol. The number of aromatic nitrogens is 1. The van der Waals surface area contributed by atoms with Crippen LogP contribution in [0, 0.1) is 0 Å². The summed E-state index contributed by atoms with van der Waals surface area (Å²) < 4.78 is 11.3. The maximum Gasteiger partial charge on any atom is 0.227 e. The lowest BCUT2D eigenvalue weighted by Gasteiger charge is -2.27. The Morgan fingerprint density at radius 1 is 1.11 bits per heavy atom. The Morgan fingerprint density at radius 2 is 1.96 bits per heavy atom. The summed E-state index contributed by atoms with van der Waals surface area (Å²) in [7, 11) is 0. The summed E-state index contributed by atoms with van der Waals surface area (Å²) in [6, 6.07) is 14.3. The van der Waals surface area contributed by atoms with Gasteiger partial charge in [0.15, 0.2) is 11.5 Å². The van der Waals surface area contributed by atoms with Gasteiger partial charge in [-0.05, 0) is 42.2 Å². The third kappa shape index (κ3) is 2.93. The molecule has 3 heterocycles. The number of fused-ring (bicyclic) bond motifs is 2. The van der Waals surface area contributed by atoms with Crippen molar-refractivity contribution in [3.05, 3.63) is 59.8 Å². The summed E-state index contributed by atoms with van der Waals surface area (Å²) in [6.45, 7) is 1.97. The minimum atomic E-state index is 0.110. The maximum absolute atomic E-state index is 13.1. The van der Waals surface area contributed by atoms with E-state index in [9.17, 15) is 4.79 Å². The number of benzene rings is 2. The lowest BCUT2D eigenvalue weighted by Crippen LogP contribution is -2.31. The number of rotatable bonds is 3. The molecular formula is C22H22N2O3. The molecule has 0 aliphatic carbocycles. The molecule has 0 bridgehead atoms. The van der Waals surface area contributed by atoms with Crippen molar-refractivity contribution in [3.63, 3.8) is 0 Å². The Morgan fingerprint density at radius 3 is 2.89 bits per heavy atom. The summed E-state index contributed by atoms with van der Waals surface area (Å²) >= 11 is 0. The topological polar surface area (TPSA) is 54.6 Å². The molecule has 1 amide bonds. The number of H-pyrrole nitrogens is 1. The first-order valence-corrected chi connectivity index (χ1v) is 9.53. The van der Waals surface area contributed by atoms with Crippen LogP contribution in [0.1, 0.15) is 30.0 Å². The highest BCUT2D eigenvalue weighted by Crippen LogP contribution is 2.38. The minimum absolute atomic E-state index is 0.110. The van der Waals surface area contributed by atoms with Gasteiger partial charge in [-0.15, -0.1) is 0 Å². The highest BCUT2D eigenvalue weighted by atomic mass is 16.6. The molecule has 1 unspecified atom stereocenters. The Bertz CT molecular complexity index is 994. The van der Waals surface area contributed by atoms with E-state index in [0.29, 0.717) is 19.6 Å². The molecule has 27 heavy (non-hydrogen) atoms. The zero-order chi connectivity index (χ0) is 18.2. The van der Waals surface area contributed by atoms with E-state index >= 15 is 0 Å². The third-order valence-electron chi connectivity index (χ3n) is 5.54. The van der Waals surface area contributed by atoms with Crippen molar-refractivity contribution < 1.29 is 14.3 Å². The van der Waals surface area contributed by atoms with Crippen LogP contribution in [-0.4, -0.2) is 35.5 Å². The van der Waals surface area contributed by atoms with Crippen molar-refractivity contribution >= 4 is 16.8 Å². The highest BCUT2D eigenvalue weighted by Gasteiger charge is 2.31. The number of hydrogen-bond acceptors (Lipinski definition) is 3. The van der Waals surface area contributed by atoms with Crippen LogP contribution in [-0.2, 0) is 11.2 Å². The van der Waals surface area contributed by atoms with Crippen molar-refractivity contribution in [3.8, 4) is 11.5 Å².